The standard InChI is InChI=1S/C21H16O/c22-21(19-14-8-3-9-15-19)20(18-12-6-2-7-13-18)16-17-10-4-1-5-11-17/h1-16H/b20-16+/i16D. The van der Waals surface area contributed by atoms with Gasteiger partial charge in [-0.25, -0.2) is 0 Å². The second-order valence-electron chi connectivity index (χ2n) is 4.93. The van der Waals surface area contributed by atoms with Crippen molar-refractivity contribution in [2.45, 2.75) is 0 Å². The maximum atomic E-state index is 13.0. The van der Waals surface area contributed by atoms with Gasteiger partial charge in [0.1, 0.15) is 0 Å². The van der Waals surface area contributed by atoms with Crippen LogP contribution in [0.5, 0.6) is 0 Å². The quantitative estimate of drug-likeness (QED) is 0.370. The van der Waals surface area contributed by atoms with Crippen molar-refractivity contribution in [2.75, 3.05) is 0 Å². The summed E-state index contributed by atoms with van der Waals surface area (Å²) in [5, 5.41) is 0. The smallest absolute Gasteiger partial charge is 0.193 e. The molecule has 106 valence electrons. The minimum absolute atomic E-state index is 0.134. The first-order chi connectivity index (χ1) is 11.3. The molecule has 3 aromatic carbocycles. The van der Waals surface area contributed by atoms with Crippen molar-refractivity contribution in [2.24, 2.45) is 0 Å². The lowest BCUT2D eigenvalue weighted by Crippen LogP contribution is -2.02. The third-order valence-electron chi connectivity index (χ3n) is 3.37. The van der Waals surface area contributed by atoms with Crippen molar-refractivity contribution in [1.82, 2.24) is 0 Å². The van der Waals surface area contributed by atoms with Crippen LogP contribution in [0, 0.1) is 0 Å². The summed E-state index contributed by atoms with van der Waals surface area (Å²) in [4.78, 5) is 13.0. The molecule has 0 N–H and O–H groups in total. The van der Waals surface area contributed by atoms with Gasteiger partial charge in [-0.15, -0.1) is 0 Å². The number of rotatable bonds is 4. The summed E-state index contributed by atoms with van der Waals surface area (Å²) in [6, 6.07) is 28.1. The lowest BCUT2D eigenvalue weighted by atomic mass is 9.95. The third kappa shape index (κ3) is 3.21. The summed E-state index contributed by atoms with van der Waals surface area (Å²) < 4.78 is 8.55. The number of ketones is 1. The molecule has 0 radical (unpaired) electrons. The summed E-state index contributed by atoms with van der Waals surface area (Å²) in [5.74, 6) is -0.134. The normalized spacial score (nSPS) is 12.3. The van der Waals surface area contributed by atoms with E-state index >= 15 is 0 Å². The zero-order valence-electron chi connectivity index (χ0n) is 13.1. The zero-order valence-corrected chi connectivity index (χ0v) is 12.1. The van der Waals surface area contributed by atoms with Crippen molar-refractivity contribution >= 4 is 17.4 Å². The van der Waals surface area contributed by atoms with Crippen molar-refractivity contribution in [3.8, 4) is 0 Å². The number of benzene rings is 3. The van der Waals surface area contributed by atoms with E-state index in [0.29, 0.717) is 11.1 Å². The molecule has 0 fully saturated rings. The Morgan fingerprint density at radius 2 is 1.14 bits per heavy atom. The largest absolute Gasteiger partial charge is 0.289 e. The van der Waals surface area contributed by atoms with E-state index in [0.717, 1.165) is 11.1 Å². The molecule has 1 heteroatoms. The molecule has 22 heavy (non-hydrogen) atoms. The molecule has 0 saturated carbocycles. The van der Waals surface area contributed by atoms with E-state index in [1.165, 1.54) is 0 Å². The van der Waals surface area contributed by atoms with Gasteiger partial charge >= 0.3 is 0 Å². The Balaban J connectivity index is 2.18. The molecule has 0 aliphatic heterocycles. The zero-order chi connectivity index (χ0) is 16.1. The van der Waals surface area contributed by atoms with Gasteiger partial charge in [-0.2, -0.15) is 0 Å². The van der Waals surface area contributed by atoms with E-state index in [9.17, 15) is 4.79 Å². The summed E-state index contributed by atoms with van der Waals surface area (Å²) in [7, 11) is 0. The molecule has 0 unspecified atom stereocenters. The van der Waals surface area contributed by atoms with Crippen LogP contribution in [-0.2, 0) is 0 Å². The van der Waals surface area contributed by atoms with Crippen molar-refractivity contribution in [3.63, 3.8) is 0 Å². The summed E-state index contributed by atoms with van der Waals surface area (Å²) in [5.41, 5.74) is 2.50. The van der Waals surface area contributed by atoms with Gasteiger partial charge in [-0.05, 0) is 17.2 Å². The Labute approximate surface area is 132 Å². The molecule has 0 spiro atoms. The number of hydrogen-bond donors (Lipinski definition) is 0. The molecule has 0 bridgehead atoms. The predicted octanol–water partition coefficient (Wildman–Crippen LogP) is 5.11. The highest BCUT2D eigenvalue weighted by Gasteiger charge is 2.13. The lowest BCUT2D eigenvalue weighted by molar-refractivity contribution is 0.105. The van der Waals surface area contributed by atoms with Gasteiger partial charge < -0.3 is 0 Å². The van der Waals surface area contributed by atoms with Gasteiger partial charge in [0.2, 0.25) is 0 Å². The molecule has 0 saturated heterocycles. The minimum Gasteiger partial charge on any atom is -0.289 e. The first-order valence-corrected chi connectivity index (χ1v) is 7.19. The number of carbonyl (C=O) groups excluding carboxylic acids is 1. The van der Waals surface area contributed by atoms with Crippen LogP contribution >= 0.6 is 0 Å². The Bertz CT molecular complexity index is 821. The van der Waals surface area contributed by atoms with Crippen LogP contribution in [0.25, 0.3) is 11.6 Å². The van der Waals surface area contributed by atoms with E-state index in [2.05, 4.69) is 0 Å². The first-order valence-electron chi connectivity index (χ1n) is 7.69. The van der Waals surface area contributed by atoms with Gasteiger partial charge in [-0.3, -0.25) is 4.79 Å². The Morgan fingerprint density at radius 3 is 1.68 bits per heavy atom. The highest BCUT2D eigenvalue weighted by atomic mass is 16.1. The van der Waals surface area contributed by atoms with Crippen LogP contribution in [0.1, 0.15) is 22.9 Å². The number of hydrogen-bond acceptors (Lipinski definition) is 1. The predicted molar refractivity (Wildman–Crippen MR) is 91.5 cm³/mol. The molecule has 1 nitrogen and oxygen atoms in total. The Morgan fingerprint density at radius 1 is 0.682 bits per heavy atom. The number of allylic oxidation sites excluding steroid dienone is 1. The van der Waals surface area contributed by atoms with E-state index in [-0.39, 0.29) is 11.8 Å². The van der Waals surface area contributed by atoms with Crippen molar-refractivity contribution < 1.29 is 6.17 Å². The van der Waals surface area contributed by atoms with E-state index in [4.69, 9.17) is 1.37 Å². The molecule has 0 aliphatic carbocycles. The number of carbonyl (C=O) groups is 1. The lowest BCUT2D eigenvalue weighted by Gasteiger charge is -2.08. The van der Waals surface area contributed by atoms with Crippen LogP contribution in [-0.4, -0.2) is 5.78 Å². The average molecular weight is 285 g/mol. The second kappa shape index (κ2) is 6.68. The van der Waals surface area contributed by atoms with Crippen molar-refractivity contribution in [1.29, 1.82) is 0 Å². The van der Waals surface area contributed by atoms with E-state index < -0.39 is 0 Å². The maximum absolute atomic E-state index is 13.0. The van der Waals surface area contributed by atoms with Crippen LogP contribution < -0.4 is 0 Å². The topological polar surface area (TPSA) is 17.1 Å². The summed E-state index contributed by atoms with van der Waals surface area (Å²) in [6.07, 6.45) is 0. The van der Waals surface area contributed by atoms with E-state index in [1.807, 2.05) is 78.9 Å². The molecule has 3 rings (SSSR count). The van der Waals surface area contributed by atoms with E-state index in [1.54, 1.807) is 12.1 Å². The van der Waals surface area contributed by atoms with Crippen LogP contribution in [0.3, 0.4) is 0 Å². The van der Waals surface area contributed by atoms with Crippen LogP contribution in [0.2, 0.25) is 0 Å². The van der Waals surface area contributed by atoms with Gasteiger partial charge in [0.25, 0.3) is 0 Å². The van der Waals surface area contributed by atoms with Gasteiger partial charge in [0.05, 0.1) is 1.37 Å². The molecule has 0 amide bonds. The van der Waals surface area contributed by atoms with Crippen LogP contribution in [0.15, 0.2) is 91.0 Å². The second-order valence-corrected chi connectivity index (χ2v) is 4.93. The fraction of sp³-hybridized carbons (Fsp3) is 0. The maximum Gasteiger partial charge on any atom is 0.193 e. The van der Waals surface area contributed by atoms with Gasteiger partial charge in [0.15, 0.2) is 5.78 Å². The highest BCUT2D eigenvalue weighted by molar-refractivity contribution is 6.32. The van der Waals surface area contributed by atoms with Gasteiger partial charge in [-0.1, -0.05) is 91.0 Å². The monoisotopic (exact) mass is 285 g/mol. The van der Waals surface area contributed by atoms with Crippen molar-refractivity contribution in [3.05, 3.63) is 108 Å². The Hall–Kier alpha value is -2.93. The SMILES string of the molecule is [2H]/C(=C(\C(=O)c1ccccc1)c1ccccc1)c1ccccc1. The molecule has 0 heterocycles. The molecule has 0 atom stereocenters. The number of Topliss-reactive ketones (excluding diaryl/α,β-unsaturated/α-hetero) is 1. The average Bonchev–Trinajstić information content (AvgIpc) is 2.64. The minimum atomic E-state index is -0.134. The molecule has 0 aliphatic rings. The summed E-state index contributed by atoms with van der Waals surface area (Å²) in [6.45, 7) is 0. The Kier molecular flexibility index (Phi) is 3.88. The molecular weight excluding hydrogens is 268 g/mol. The summed E-state index contributed by atoms with van der Waals surface area (Å²) >= 11 is 0. The first kappa shape index (κ1) is 12.8. The fourth-order valence-corrected chi connectivity index (χ4v) is 2.26. The molecular formula is C21H16O. The van der Waals surface area contributed by atoms with Gasteiger partial charge in [0, 0.05) is 11.1 Å². The third-order valence-corrected chi connectivity index (χ3v) is 3.37. The molecule has 0 aromatic heterocycles. The highest BCUT2D eigenvalue weighted by Crippen LogP contribution is 2.22. The fourth-order valence-electron chi connectivity index (χ4n) is 2.26. The van der Waals surface area contributed by atoms with Crippen LogP contribution in [0.4, 0.5) is 0 Å². The molecule has 3 aromatic rings.